The molecule has 1 atom stereocenters. The minimum absolute atomic E-state index is 0.214. The van der Waals surface area contributed by atoms with E-state index in [-0.39, 0.29) is 6.61 Å². The molecule has 1 aromatic heterocycles. The summed E-state index contributed by atoms with van der Waals surface area (Å²) in [5, 5.41) is 1.30. The number of ether oxygens (including phenoxy) is 1. The van der Waals surface area contributed by atoms with Gasteiger partial charge in [0.25, 0.3) is 5.78 Å². The Morgan fingerprint density at radius 3 is 2.25 bits per heavy atom. The van der Waals surface area contributed by atoms with Crippen molar-refractivity contribution in [3.63, 3.8) is 0 Å². The van der Waals surface area contributed by atoms with E-state index in [9.17, 15) is 18.0 Å². The third kappa shape index (κ3) is 5.39. The van der Waals surface area contributed by atoms with Gasteiger partial charge in [0.15, 0.2) is 0 Å². The van der Waals surface area contributed by atoms with Crippen molar-refractivity contribution in [2.75, 3.05) is 6.16 Å². The minimum atomic E-state index is -4.91. The molecule has 7 heteroatoms. The molecule has 0 saturated heterocycles. The molecule has 0 saturated carbocycles. The second-order valence-corrected chi connectivity index (χ2v) is 6.74. The lowest BCUT2D eigenvalue weighted by Crippen LogP contribution is -2.23. The zero-order valence-electron chi connectivity index (χ0n) is 13.1. The van der Waals surface area contributed by atoms with Crippen LogP contribution in [0.1, 0.15) is 28.5 Å². The van der Waals surface area contributed by atoms with Crippen LogP contribution in [0.5, 0.6) is 0 Å². The second-order valence-electron chi connectivity index (χ2n) is 5.10. The highest BCUT2D eigenvalue weighted by Crippen LogP contribution is 2.20. The maximum atomic E-state index is 12.3. The van der Waals surface area contributed by atoms with Gasteiger partial charge in [-0.05, 0) is 28.7 Å². The molecule has 1 unspecified atom stereocenters. The van der Waals surface area contributed by atoms with Crippen LogP contribution < -0.4 is 5.30 Å². The van der Waals surface area contributed by atoms with Crippen molar-refractivity contribution in [3.8, 4) is 0 Å². The van der Waals surface area contributed by atoms with Crippen LogP contribution in [0.2, 0.25) is 0 Å². The number of nitrogens with zero attached hydrogens (tertiary/aromatic N) is 1. The second kappa shape index (κ2) is 8.36. The lowest BCUT2D eigenvalue weighted by molar-refractivity contribution is -0.0888. The number of benzene rings is 1. The number of hydrogen-bond donors (Lipinski definition) is 0. The third-order valence-corrected chi connectivity index (χ3v) is 4.28. The molecule has 0 spiro atoms. The Kier molecular flexibility index (Phi) is 6.46. The van der Waals surface area contributed by atoms with Gasteiger partial charge in [-0.1, -0.05) is 45.8 Å². The van der Waals surface area contributed by atoms with E-state index < -0.39 is 17.7 Å². The molecule has 3 nitrogen and oxygen atoms in total. The average molecular weight is 355 g/mol. The van der Waals surface area contributed by atoms with Gasteiger partial charge in [-0.2, -0.15) is 13.2 Å². The van der Waals surface area contributed by atoms with Crippen molar-refractivity contribution in [2.45, 2.75) is 26.3 Å². The molecular weight excluding hydrogens is 338 g/mol. The molecule has 1 heterocycles. The molecular formula is C17H17F3NO2P. The zero-order valence-corrected chi connectivity index (χ0v) is 14.1. The Morgan fingerprint density at radius 2 is 1.71 bits per heavy atom. The number of aromatic nitrogens is 1. The van der Waals surface area contributed by atoms with Crippen molar-refractivity contribution in [1.29, 1.82) is 0 Å². The van der Waals surface area contributed by atoms with Crippen LogP contribution in [-0.4, -0.2) is 23.1 Å². The highest BCUT2D eigenvalue weighted by molar-refractivity contribution is 7.47. The van der Waals surface area contributed by atoms with Crippen LogP contribution in [0, 0.1) is 0 Å². The number of carbonyl (C=O) groups excluding carboxylic acids is 1. The molecule has 0 bridgehead atoms. The predicted molar refractivity (Wildman–Crippen MR) is 88.0 cm³/mol. The van der Waals surface area contributed by atoms with Crippen LogP contribution in [-0.2, 0) is 18.0 Å². The number of Topliss-reactive ketones (excluding diaryl/α,β-unsaturated/α-hetero) is 1. The largest absolute Gasteiger partial charge is 0.456 e. The summed E-state index contributed by atoms with van der Waals surface area (Å²) in [6.07, 6.45) is -2.56. The molecule has 2 rings (SSSR count). The van der Waals surface area contributed by atoms with Crippen LogP contribution >= 0.6 is 8.58 Å². The molecule has 2 aromatic rings. The van der Waals surface area contributed by atoms with Gasteiger partial charge in [0.2, 0.25) is 0 Å². The Morgan fingerprint density at radius 1 is 1.08 bits per heavy atom. The quantitative estimate of drug-likeness (QED) is 0.559. The standard InChI is InChI=1S/C17H17F3NO2P/c1-2-24-14-6-3-12(4-7-14)10-23-11-13-5-8-15(21-9-13)16(22)17(18,19)20/h3-9,24H,2,10-11H2,1H3. The number of ketones is 1. The number of hydrogen-bond acceptors (Lipinski definition) is 3. The number of halogens is 3. The Bertz CT molecular complexity index is 670. The minimum Gasteiger partial charge on any atom is -0.372 e. The fourth-order valence-corrected chi connectivity index (χ4v) is 2.81. The van der Waals surface area contributed by atoms with Gasteiger partial charge in [-0.15, -0.1) is 0 Å². The molecule has 24 heavy (non-hydrogen) atoms. The van der Waals surface area contributed by atoms with Gasteiger partial charge in [-0.25, -0.2) is 0 Å². The highest BCUT2D eigenvalue weighted by Gasteiger charge is 2.40. The van der Waals surface area contributed by atoms with E-state index in [1.165, 1.54) is 17.6 Å². The van der Waals surface area contributed by atoms with E-state index in [0.29, 0.717) is 12.2 Å². The molecule has 0 aliphatic carbocycles. The molecule has 0 aliphatic heterocycles. The monoisotopic (exact) mass is 355 g/mol. The summed E-state index contributed by atoms with van der Waals surface area (Å²) < 4.78 is 42.4. The average Bonchev–Trinajstić information content (AvgIpc) is 2.56. The number of alkyl halides is 3. The number of carbonyl (C=O) groups is 1. The highest BCUT2D eigenvalue weighted by atomic mass is 31.1. The lowest BCUT2D eigenvalue weighted by Gasteiger charge is -2.07. The summed E-state index contributed by atoms with van der Waals surface area (Å²) >= 11 is 0. The normalized spacial score (nSPS) is 12.0. The van der Waals surface area contributed by atoms with Crippen molar-refractivity contribution in [1.82, 2.24) is 4.98 Å². The fourth-order valence-electron chi connectivity index (χ4n) is 2.00. The first-order valence-corrected chi connectivity index (χ1v) is 8.58. The van der Waals surface area contributed by atoms with E-state index >= 15 is 0 Å². The molecule has 0 radical (unpaired) electrons. The number of rotatable bonds is 7. The Balaban J connectivity index is 1.85. The molecule has 0 N–H and O–H groups in total. The van der Waals surface area contributed by atoms with E-state index in [4.69, 9.17) is 4.74 Å². The van der Waals surface area contributed by atoms with Gasteiger partial charge in [-0.3, -0.25) is 9.78 Å². The Hall–Kier alpha value is -1.78. The maximum absolute atomic E-state index is 12.3. The van der Waals surface area contributed by atoms with Gasteiger partial charge in [0.1, 0.15) is 5.69 Å². The Labute approximate surface area is 140 Å². The predicted octanol–water partition coefficient (Wildman–Crippen LogP) is 3.87. The van der Waals surface area contributed by atoms with E-state index in [1.807, 2.05) is 12.1 Å². The lowest BCUT2D eigenvalue weighted by atomic mass is 10.2. The third-order valence-electron chi connectivity index (χ3n) is 3.19. The van der Waals surface area contributed by atoms with Crippen molar-refractivity contribution in [2.24, 2.45) is 0 Å². The van der Waals surface area contributed by atoms with E-state index in [2.05, 4.69) is 24.0 Å². The fraction of sp³-hybridized carbons (Fsp3) is 0.294. The van der Waals surface area contributed by atoms with Crippen LogP contribution in [0.4, 0.5) is 13.2 Å². The SMILES string of the molecule is CCPc1ccc(COCc2ccc(C(=O)C(F)(F)F)nc2)cc1. The zero-order chi connectivity index (χ0) is 17.6. The summed E-state index contributed by atoms with van der Waals surface area (Å²) in [6.45, 7) is 2.75. The molecule has 128 valence electrons. The van der Waals surface area contributed by atoms with Crippen LogP contribution in [0.25, 0.3) is 0 Å². The van der Waals surface area contributed by atoms with Crippen LogP contribution in [0.15, 0.2) is 42.6 Å². The van der Waals surface area contributed by atoms with Gasteiger partial charge >= 0.3 is 6.18 Å². The van der Waals surface area contributed by atoms with Gasteiger partial charge in [0.05, 0.1) is 13.2 Å². The van der Waals surface area contributed by atoms with E-state index in [0.717, 1.165) is 26.4 Å². The first kappa shape index (κ1) is 18.6. The molecule has 1 aromatic carbocycles. The molecule has 0 amide bonds. The van der Waals surface area contributed by atoms with Crippen molar-refractivity contribution in [3.05, 3.63) is 59.4 Å². The van der Waals surface area contributed by atoms with Gasteiger partial charge < -0.3 is 4.74 Å². The summed E-state index contributed by atoms with van der Waals surface area (Å²) in [5.41, 5.74) is 1.02. The summed E-state index contributed by atoms with van der Waals surface area (Å²) in [5.74, 6) is -1.94. The first-order chi connectivity index (χ1) is 11.4. The van der Waals surface area contributed by atoms with Crippen LogP contribution in [0.3, 0.4) is 0 Å². The summed E-state index contributed by atoms with van der Waals surface area (Å²) in [4.78, 5) is 14.6. The summed E-state index contributed by atoms with van der Waals surface area (Å²) in [6, 6.07) is 10.6. The van der Waals surface area contributed by atoms with Crippen molar-refractivity contribution >= 4 is 19.7 Å². The van der Waals surface area contributed by atoms with Crippen molar-refractivity contribution < 1.29 is 22.7 Å². The number of pyridine rings is 1. The van der Waals surface area contributed by atoms with E-state index in [1.54, 1.807) is 0 Å². The summed E-state index contributed by atoms with van der Waals surface area (Å²) in [7, 11) is 0.799. The maximum Gasteiger partial charge on any atom is 0.456 e. The van der Waals surface area contributed by atoms with Gasteiger partial charge in [0, 0.05) is 6.20 Å². The first-order valence-electron chi connectivity index (χ1n) is 7.37. The molecule has 0 aliphatic rings. The smallest absolute Gasteiger partial charge is 0.372 e. The molecule has 0 fully saturated rings. The topological polar surface area (TPSA) is 39.2 Å².